The van der Waals surface area contributed by atoms with E-state index in [1.165, 1.54) is 0 Å². The summed E-state index contributed by atoms with van der Waals surface area (Å²) in [5, 5.41) is 22.0. The molecule has 0 saturated carbocycles. The Hall–Kier alpha value is -1.74. The lowest BCUT2D eigenvalue weighted by Gasteiger charge is -2.45. The van der Waals surface area contributed by atoms with E-state index in [0.29, 0.717) is 13.0 Å². The highest BCUT2D eigenvalue weighted by molar-refractivity contribution is 6.74. The molecule has 0 unspecified atom stereocenters. The lowest BCUT2D eigenvalue weighted by Crippen LogP contribution is -2.53. The van der Waals surface area contributed by atoms with Gasteiger partial charge in [-0.3, -0.25) is 10.1 Å². The first-order valence-corrected chi connectivity index (χ1v) is 13.7. The first-order chi connectivity index (χ1) is 14.4. The van der Waals surface area contributed by atoms with Crippen LogP contribution in [0.2, 0.25) is 18.1 Å². The number of hydrogen-bond acceptors (Lipinski definition) is 6. The van der Waals surface area contributed by atoms with Crippen LogP contribution in [0.25, 0.3) is 0 Å². The molecule has 0 saturated heterocycles. The largest absolute Gasteiger partial charge is 0.497 e. The molecular formula is C23H37NO6Si. The van der Waals surface area contributed by atoms with Crippen LogP contribution in [0.5, 0.6) is 5.75 Å². The van der Waals surface area contributed by atoms with Crippen LogP contribution in [-0.4, -0.2) is 50.3 Å². The van der Waals surface area contributed by atoms with Crippen molar-refractivity contribution in [2.45, 2.75) is 77.2 Å². The minimum absolute atomic E-state index is 0.0126. The van der Waals surface area contributed by atoms with Gasteiger partial charge in [-0.25, -0.2) is 0 Å². The van der Waals surface area contributed by atoms with Gasteiger partial charge in [0.25, 0.3) is 0 Å². The monoisotopic (exact) mass is 451 g/mol. The summed E-state index contributed by atoms with van der Waals surface area (Å²) in [5.41, 5.74) is 1.93. The van der Waals surface area contributed by atoms with E-state index >= 15 is 0 Å². The molecule has 0 aliphatic heterocycles. The second kappa shape index (κ2) is 10.2. The normalized spacial score (nSPS) is 23.2. The van der Waals surface area contributed by atoms with E-state index < -0.39 is 37.9 Å². The Bertz CT molecular complexity index is 771. The summed E-state index contributed by atoms with van der Waals surface area (Å²) in [7, 11) is -0.532. The van der Waals surface area contributed by atoms with Gasteiger partial charge in [0, 0.05) is 10.8 Å². The minimum atomic E-state index is -2.15. The number of benzene rings is 1. The fraction of sp³-hybridized carbons (Fsp3) is 0.652. The molecule has 1 aliphatic rings. The van der Waals surface area contributed by atoms with Crippen LogP contribution < -0.4 is 4.74 Å². The van der Waals surface area contributed by atoms with Gasteiger partial charge in [-0.2, -0.15) is 0 Å². The summed E-state index contributed by atoms with van der Waals surface area (Å²) in [6.07, 6.45) is 0.738. The average Bonchev–Trinajstić information content (AvgIpc) is 2.66. The van der Waals surface area contributed by atoms with Crippen molar-refractivity contribution in [3.8, 4) is 5.75 Å². The fourth-order valence-electron chi connectivity index (χ4n) is 3.63. The van der Waals surface area contributed by atoms with E-state index in [1.54, 1.807) is 7.11 Å². The predicted octanol–water partition coefficient (Wildman–Crippen LogP) is 4.57. The molecule has 1 aromatic carbocycles. The maximum Gasteiger partial charge on any atom is 0.229 e. The molecule has 0 spiro atoms. The molecule has 174 valence electrons. The van der Waals surface area contributed by atoms with E-state index in [0.717, 1.165) is 16.9 Å². The maximum absolute atomic E-state index is 11.2. The summed E-state index contributed by atoms with van der Waals surface area (Å²) in [4.78, 5) is 10.7. The quantitative estimate of drug-likeness (QED) is 0.256. The topological polar surface area (TPSA) is 91.1 Å². The number of rotatable bonds is 9. The van der Waals surface area contributed by atoms with Crippen molar-refractivity contribution in [1.29, 1.82) is 0 Å². The summed E-state index contributed by atoms with van der Waals surface area (Å²) in [5.74, 6) is 0.252. The van der Waals surface area contributed by atoms with Crippen molar-refractivity contribution in [1.82, 2.24) is 0 Å². The van der Waals surface area contributed by atoms with Crippen molar-refractivity contribution in [3.63, 3.8) is 0 Å². The Kier molecular flexibility index (Phi) is 8.44. The number of aliphatic hydroxyl groups is 1. The molecule has 0 amide bonds. The molecule has 2 rings (SSSR count). The van der Waals surface area contributed by atoms with Crippen LogP contribution in [0.3, 0.4) is 0 Å². The first kappa shape index (κ1) is 25.5. The van der Waals surface area contributed by atoms with Gasteiger partial charge in [0.1, 0.15) is 11.9 Å². The maximum atomic E-state index is 11.2. The van der Waals surface area contributed by atoms with Gasteiger partial charge in [-0.05, 0) is 54.7 Å². The predicted molar refractivity (Wildman–Crippen MR) is 123 cm³/mol. The highest BCUT2D eigenvalue weighted by Gasteiger charge is 2.46. The first-order valence-electron chi connectivity index (χ1n) is 10.7. The van der Waals surface area contributed by atoms with Crippen LogP contribution in [0.4, 0.5) is 0 Å². The van der Waals surface area contributed by atoms with Gasteiger partial charge in [0.15, 0.2) is 8.32 Å². The molecule has 1 N–H and O–H groups in total. The van der Waals surface area contributed by atoms with Crippen LogP contribution >= 0.6 is 0 Å². The van der Waals surface area contributed by atoms with E-state index in [4.69, 9.17) is 13.9 Å². The highest BCUT2D eigenvalue weighted by Crippen LogP contribution is 2.41. The van der Waals surface area contributed by atoms with Crippen molar-refractivity contribution in [2.24, 2.45) is 5.92 Å². The molecule has 31 heavy (non-hydrogen) atoms. The van der Waals surface area contributed by atoms with Gasteiger partial charge >= 0.3 is 0 Å². The van der Waals surface area contributed by atoms with Crippen molar-refractivity contribution in [3.05, 3.63) is 51.6 Å². The summed E-state index contributed by atoms with van der Waals surface area (Å²) >= 11 is 0. The molecule has 7 nitrogen and oxygen atoms in total. The van der Waals surface area contributed by atoms with Crippen LogP contribution in [0.1, 0.15) is 39.7 Å². The number of nitro groups is 1. The lowest BCUT2D eigenvalue weighted by molar-refractivity contribution is -0.493. The molecule has 0 fully saturated rings. The van der Waals surface area contributed by atoms with Gasteiger partial charge in [-0.1, -0.05) is 39.0 Å². The summed E-state index contributed by atoms with van der Waals surface area (Å²) in [6.45, 7) is 12.5. The molecule has 8 heteroatoms. The highest BCUT2D eigenvalue weighted by atomic mass is 28.4. The van der Waals surface area contributed by atoms with Gasteiger partial charge in [0.2, 0.25) is 6.54 Å². The Labute approximate surface area is 186 Å². The summed E-state index contributed by atoms with van der Waals surface area (Å²) in [6, 6.07) is 7.58. The number of ether oxygens (including phenoxy) is 2. The van der Waals surface area contributed by atoms with Crippen LogP contribution in [0, 0.1) is 16.0 Å². The lowest BCUT2D eigenvalue weighted by atomic mass is 9.80. The molecule has 4 atom stereocenters. The molecule has 1 aliphatic carbocycles. The number of hydrogen-bond donors (Lipinski definition) is 1. The molecule has 0 bridgehead atoms. The Morgan fingerprint density at radius 3 is 2.39 bits per heavy atom. The molecule has 0 radical (unpaired) electrons. The minimum Gasteiger partial charge on any atom is -0.497 e. The summed E-state index contributed by atoms with van der Waals surface area (Å²) < 4.78 is 18.1. The van der Waals surface area contributed by atoms with Crippen LogP contribution in [-0.2, 0) is 15.8 Å². The second-order valence-corrected chi connectivity index (χ2v) is 14.6. The molecular weight excluding hydrogens is 414 g/mol. The Morgan fingerprint density at radius 1 is 1.26 bits per heavy atom. The zero-order valence-corrected chi connectivity index (χ0v) is 20.8. The number of nitrogens with zero attached hydrogens (tertiary/aromatic N) is 1. The van der Waals surface area contributed by atoms with E-state index in [9.17, 15) is 15.2 Å². The van der Waals surface area contributed by atoms with Crippen molar-refractivity contribution >= 4 is 8.32 Å². The van der Waals surface area contributed by atoms with Crippen molar-refractivity contribution < 1.29 is 23.9 Å². The number of methoxy groups -OCH3 is 1. The van der Waals surface area contributed by atoms with Crippen molar-refractivity contribution in [2.75, 3.05) is 13.7 Å². The average molecular weight is 452 g/mol. The van der Waals surface area contributed by atoms with E-state index in [1.807, 2.05) is 31.2 Å². The second-order valence-electron chi connectivity index (χ2n) is 9.84. The standard InChI is InChI=1S/C23H37NO6Si/c1-16-8-13-20(30-31(6,7)23(2,3)4)21(19(25)14-24(26)27)22(16)29-15-17-9-11-18(28-5)12-10-17/h8-12,19-22,25H,13-15H2,1-7H3/t19-,20-,21+,22-/m1/s1. The molecule has 0 aromatic heterocycles. The van der Waals surface area contributed by atoms with E-state index in [2.05, 4.69) is 39.9 Å². The SMILES string of the molecule is COc1ccc(CO[C@@H]2C(C)=CC[C@@H](O[Si](C)(C)C(C)(C)C)[C@@H]2[C@H](O)C[N+](=O)[O-])cc1. The molecule has 1 aromatic rings. The number of aliphatic hydroxyl groups excluding tert-OH is 1. The smallest absolute Gasteiger partial charge is 0.229 e. The fourth-order valence-corrected chi connectivity index (χ4v) is 4.99. The third-order valence-electron chi connectivity index (χ3n) is 6.52. The zero-order chi connectivity index (χ0) is 23.4. The third kappa shape index (κ3) is 6.62. The third-order valence-corrected chi connectivity index (χ3v) is 11.0. The Balaban J connectivity index is 2.27. The molecule has 0 heterocycles. The zero-order valence-electron chi connectivity index (χ0n) is 19.8. The van der Waals surface area contributed by atoms with E-state index in [-0.39, 0.29) is 11.1 Å². The Morgan fingerprint density at radius 2 is 1.87 bits per heavy atom. The van der Waals surface area contributed by atoms with Gasteiger partial charge in [0.05, 0.1) is 25.9 Å². The van der Waals surface area contributed by atoms with Gasteiger partial charge < -0.3 is 19.0 Å². The van der Waals surface area contributed by atoms with Crippen LogP contribution in [0.15, 0.2) is 35.9 Å². The van der Waals surface area contributed by atoms with Gasteiger partial charge in [-0.15, -0.1) is 0 Å².